The molecule has 0 spiro atoms. The van der Waals surface area contributed by atoms with E-state index in [4.69, 9.17) is 15.5 Å². The van der Waals surface area contributed by atoms with Gasteiger partial charge in [0.1, 0.15) is 11.5 Å². The van der Waals surface area contributed by atoms with Gasteiger partial charge in [0.05, 0.1) is 18.5 Å². The molecule has 0 aliphatic carbocycles. The molecule has 1 aromatic carbocycles. The summed E-state index contributed by atoms with van der Waals surface area (Å²) in [5.41, 5.74) is 12.1. The summed E-state index contributed by atoms with van der Waals surface area (Å²) >= 11 is 0. The first kappa shape index (κ1) is 18.1. The molecule has 0 fully saturated rings. The van der Waals surface area contributed by atoms with Crippen LogP contribution < -0.4 is 10.5 Å². The van der Waals surface area contributed by atoms with Crippen LogP contribution in [0.5, 0.6) is 5.75 Å². The summed E-state index contributed by atoms with van der Waals surface area (Å²) in [5.74, 6) is 0.565. The molecule has 0 amide bonds. The lowest BCUT2D eigenvalue weighted by molar-refractivity contribution is 0.415. The van der Waals surface area contributed by atoms with Crippen LogP contribution in [0.15, 0.2) is 66.0 Å². The zero-order valence-electron chi connectivity index (χ0n) is 16.2. The van der Waals surface area contributed by atoms with Crippen molar-refractivity contribution in [3.63, 3.8) is 0 Å². The highest BCUT2D eigenvalue weighted by atomic mass is 19.1. The van der Waals surface area contributed by atoms with E-state index in [1.807, 2.05) is 24.4 Å². The van der Waals surface area contributed by atoms with Crippen molar-refractivity contribution >= 4 is 33.8 Å². The van der Waals surface area contributed by atoms with Crippen LogP contribution in [0.2, 0.25) is 0 Å². The topological polar surface area (TPSA) is 89.2 Å². The number of allylic oxidation sites excluding steroid dienone is 1. The number of fused-ring (bicyclic) bond motifs is 1. The van der Waals surface area contributed by atoms with Gasteiger partial charge in [-0.1, -0.05) is 12.1 Å². The minimum Gasteiger partial charge on any atom is -0.493 e. The third kappa shape index (κ3) is 3.00. The number of ether oxygens (including phenoxy) is 1. The first-order valence-corrected chi connectivity index (χ1v) is 9.43. The van der Waals surface area contributed by atoms with E-state index in [0.717, 1.165) is 44.7 Å². The second-order valence-corrected chi connectivity index (χ2v) is 6.98. The zero-order valence-corrected chi connectivity index (χ0v) is 16.2. The van der Waals surface area contributed by atoms with Gasteiger partial charge >= 0.3 is 0 Å². The van der Waals surface area contributed by atoms with Crippen LogP contribution in [0.4, 0.5) is 10.2 Å². The van der Waals surface area contributed by atoms with Crippen molar-refractivity contribution in [3.05, 3.63) is 83.6 Å². The molecule has 3 aromatic heterocycles. The fraction of sp³-hybridized carbons (Fsp3) is 0.0870. The van der Waals surface area contributed by atoms with E-state index in [2.05, 4.69) is 15.0 Å². The number of H-pyrrole nitrogens is 1. The number of aromatic amines is 1. The summed E-state index contributed by atoms with van der Waals surface area (Å²) in [5, 5.41) is 0.976. The number of nitrogens with zero attached hydrogens (tertiary/aromatic N) is 3. The van der Waals surface area contributed by atoms with Crippen molar-refractivity contribution in [1.29, 1.82) is 0 Å². The van der Waals surface area contributed by atoms with Gasteiger partial charge < -0.3 is 15.5 Å². The molecule has 0 unspecified atom stereocenters. The van der Waals surface area contributed by atoms with Crippen LogP contribution in [0.3, 0.4) is 0 Å². The van der Waals surface area contributed by atoms with Gasteiger partial charge in [-0.05, 0) is 41.5 Å². The lowest BCUT2D eigenvalue weighted by Crippen LogP contribution is -2.00. The number of hydrogen-bond donors (Lipinski definition) is 2. The molecule has 6 nitrogen and oxygen atoms in total. The van der Waals surface area contributed by atoms with Crippen molar-refractivity contribution in [3.8, 4) is 5.75 Å². The van der Waals surface area contributed by atoms with Gasteiger partial charge in [0.15, 0.2) is 11.6 Å². The van der Waals surface area contributed by atoms with Crippen molar-refractivity contribution in [1.82, 2.24) is 15.0 Å². The van der Waals surface area contributed by atoms with Crippen LogP contribution in [-0.2, 0) is 0 Å². The van der Waals surface area contributed by atoms with Gasteiger partial charge in [-0.15, -0.1) is 0 Å². The highest BCUT2D eigenvalue weighted by Crippen LogP contribution is 2.40. The van der Waals surface area contributed by atoms with Crippen LogP contribution >= 0.6 is 0 Å². The Labute approximate surface area is 172 Å². The van der Waals surface area contributed by atoms with E-state index in [1.165, 1.54) is 12.1 Å². The zero-order chi connectivity index (χ0) is 20.7. The Morgan fingerprint density at radius 2 is 1.90 bits per heavy atom. The molecule has 7 heteroatoms. The van der Waals surface area contributed by atoms with Crippen LogP contribution in [0.25, 0.3) is 22.3 Å². The van der Waals surface area contributed by atoms with Gasteiger partial charge in [-0.3, -0.25) is 4.99 Å². The maximum Gasteiger partial charge on any atom is 0.166 e. The molecular formula is C23H18FN5O. The first-order valence-electron chi connectivity index (χ1n) is 9.43. The quantitative estimate of drug-likeness (QED) is 0.531. The normalized spacial score (nSPS) is 13.7. The minimum atomic E-state index is -0.276. The molecule has 0 bridgehead atoms. The maximum atomic E-state index is 13.4. The van der Waals surface area contributed by atoms with E-state index >= 15 is 0 Å². The number of halogens is 1. The maximum absolute atomic E-state index is 13.4. The molecule has 4 heterocycles. The summed E-state index contributed by atoms with van der Waals surface area (Å²) in [4.78, 5) is 16.8. The second-order valence-electron chi connectivity index (χ2n) is 6.98. The van der Waals surface area contributed by atoms with E-state index in [0.29, 0.717) is 18.0 Å². The molecule has 0 atom stereocenters. The number of aliphatic imine (C=N–C) groups is 1. The number of nitrogens with two attached hydrogens (primary N) is 1. The predicted octanol–water partition coefficient (Wildman–Crippen LogP) is 4.45. The molecule has 0 saturated carbocycles. The van der Waals surface area contributed by atoms with Gasteiger partial charge in [-0.25, -0.2) is 14.4 Å². The highest BCUT2D eigenvalue weighted by molar-refractivity contribution is 6.18. The fourth-order valence-corrected chi connectivity index (χ4v) is 3.71. The molecule has 5 rings (SSSR count). The van der Waals surface area contributed by atoms with Crippen molar-refractivity contribution < 1.29 is 9.13 Å². The molecular weight excluding hydrogens is 381 g/mol. The number of rotatable bonds is 4. The average molecular weight is 399 g/mol. The standard InChI is InChI=1S/C23H18FN5O/c1-30-20-10-14(12-28-22(20)25)18-11-19(13-2-4-15(24)5-3-13)29-21(18)16-6-8-26-23-17(16)7-9-27-23/h2-10,12H,11H2,1H3,(H2,25,28)(H,26,27). The smallest absolute Gasteiger partial charge is 0.166 e. The van der Waals surface area contributed by atoms with Gasteiger partial charge in [0, 0.05) is 41.5 Å². The second kappa shape index (κ2) is 7.11. The Morgan fingerprint density at radius 3 is 2.70 bits per heavy atom. The molecule has 3 N–H and O–H groups in total. The number of nitrogen functional groups attached to an aromatic ring is 1. The Morgan fingerprint density at radius 1 is 1.07 bits per heavy atom. The Hall–Kier alpha value is -4.00. The van der Waals surface area contributed by atoms with Crippen LogP contribution in [0, 0.1) is 5.82 Å². The summed E-state index contributed by atoms with van der Waals surface area (Å²) in [6, 6.07) is 12.2. The number of aromatic nitrogens is 3. The van der Waals surface area contributed by atoms with Crippen molar-refractivity contribution in [2.75, 3.05) is 12.8 Å². The van der Waals surface area contributed by atoms with Gasteiger partial charge in [0.2, 0.25) is 0 Å². The molecule has 0 saturated heterocycles. The molecule has 30 heavy (non-hydrogen) atoms. The Balaban J connectivity index is 1.70. The summed E-state index contributed by atoms with van der Waals surface area (Å²) < 4.78 is 18.8. The van der Waals surface area contributed by atoms with Gasteiger partial charge in [0.25, 0.3) is 0 Å². The highest BCUT2D eigenvalue weighted by Gasteiger charge is 2.24. The molecule has 0 radical (unpaired) electrons. The number of nitrogens with one attached hydrogen (secondary N) is 1. The first-order chi connectivity index (χ1) is 14.6. The van der Waals surface area contributed by atoms with E-state index in [1.54, 1.807) is 31.6 Å². The van der Waals surface area contributed by atoms with E-state index in [9.17, 15) is 4.39 Å². The van der Waals surface area contributed by atoms with Crippen molar-refractivity contribution in [2.45, 2.75) is 6.42 Å². The average Bonchev–Trinajstić information content (AvgIpc) is 3.42. The number of methoxy groups -OCH3 is 1. The van der Waals surface area contributed by atoms with Crippen LogP contribution in [-0.4, -0.2) is 27.8 Å². The number of hydrogen-bond acceptors (Lipinski definition) is 5. The third-order valence-electron chi connectivity index (χ3n) is 5.22. The lowest BCUT2D eigenvalue weighted by Gasteiger charge is -2.10. The van der Waals surface area contributed by atoms with E-state index < -0.39 is 0 Å². The predicted molar refractivity (Wildman–Crippen MR) is 116 cm³/mol. The molecule has 4 aromatic rings. The van der Waals surface area contributed by atoms with Crippen LogP contribution in [0.1, 0.15) is 23.1 Å². The molecule has 1 aliphatic heterocycles. The molecule has 1 aliphatic rings. The largest absolute Gasteiger partial charge is 0.493 e. The SMILES string of the molecule is COc1cc(C2=C(c3ccnc4[nH]ccc34)N=C(c3ccc(F)cc3)C2)cnc1N. The lowest BCUT2D eigenvalue weighted by atomic mass is 9.96. The number of anilines is 1. The number of benzene rings is 1. The minimum absolute atomic E-state index is 0.276. The Kier molecular flexibility index (Phi) is 4.28. The fourth-order valence-electron chi connectivity index (χ4n) is 3.71. The third-order valence-corrected chi connectivity index (χ3v) is 5.22. The summed E-state index contributed by atoms with van der Waals surface area (Å²) in [6.45, 7) is 0. The Bertz CT molecular complexity index is 1320. The van der Waals surface area contributed by atoms with Gasteiger partial charge in [-0.2, -0.15) is 0 Å². The monoisotopic (exact) mass is 399 g/mol. The van der Waals surface area contributed by atoms with Crippen molar-refractivity contribution in [2.24, 2.45) is 4.99 Å². The van der Waals surface area contributed by atoms with E-state index in [-0.39, 0.29) is 5.82 Å². The number of pyridine rings is 2. The molecule has 148 valence electrons. The summed E-state index contributed by atoms with van der Waals surface area (Å²) in [6.07, 6.45) is 5.91. The summed E-state index contributed by atoms with van der Waals surface area (Å²) in [7, 11) is 1.56.